The molecule has 148 valence electrons. The van der Waals surface area contributed by atoms with E-state index in [9.17, 15) is 9.18 Å². The minimum atomic E-state index is -0.269. The SMILES string of the molecule is C[C@@]1(CNC(=O)NCc2ccccc2)C=Cc2c(cnn2-c2ccc(F)cc2)C1. The first kappa shape index (κ1) is 18.9. The molecule has 0 saturated heterocycles. The van der Waals surface area contributed by atoms with Gasteiger partial charge in [-0.2, -0.15) is 5.10 Å². The van der Waals surface area contributed by atoms with Crippen molar-refractivity contribution < 1.29 is 9.18 Å². The Morgan fingerprint density at radius 2 is 1.90 bits per heavy atom. The lowest BCUT2D eigenvalue weighted by atomic mass is 9.80. The lowest BCUT2D eigenvalue weighted by molar-refractivity contribution is 0.235. The maximum absolute atomic E-state index is 13.2. The standard InChI is InChI=1S/C23H23FN4O/c1-23(16-26-22(29)25-14-17-5-3-2-4-6-17)12-11-21-18(13-23)15-27-28(21)20-9-7-19(24)8-10-20/h2-12,15H,13-14,16H2,1H3,(H2,25,26,29)/t23-/m1/s1. The van der Waals surface area contributed by atoms with Crippen molar-refractivity contribution in [2.75, 3.05) is 6.54 Å². The molecule has 0 unspecified atom stereocenters. The number of fused-ring (bicyclic) bond motifs is 1. The van der Waals surface area contributed by atoms with Crippen LogP contribution in [-0.4, -0.2) is 22.4 Å². The molecule has 29 heavy (non-hydrogen) atoms. The molecule has 0 spiro atoms. The van der Waals surface area contributed by atoms with Crippen molar-refractivity contribution in [2.24, 2.45) is 5.41 Å². The van der Waals surface area contributed by atoms with Crippen LogP contribution in [0.2, 0.25) is 0 Å². The number of aromatic nitrogens is 2. The molecule has 1 heterocycles. The first-order valence-corrected chi connectivity index (χ1v) is 9.60. The average molecular weight is 390 g/mol. The Balaban J connectivity index is 1.37. The molecule has 0 saturated carbocycles. The predicted molar refractivity (Wildman–Crippen MR) is 111 cm³/mol. The third-order valence-corrected chi connectivity index (χ3v) is 5.14. The van der Waals surface area contributed by atoms with Crippen LogP contribution in [-0.2, 0) is 13.0 Å². The Kier molecular flexibility index (Phi) is 5.16. The van der Waals surface area contributed by atoms with E-state index in [2.05, 4.69) is 28.7 Å². The number of benzene rings is 2. The van der Waals surface area contributed by atoms with Gasteiger partial charge in [0.2, 0.25) is 0 Å². The molecule has 1 aromatic heterocycles. The van der Waals surface area contributed by atoms with Crippen molar-refractivity contribution in [2.45, 2.75) is 19.9 Å². The second-order valence-corrected chi connectivity index (χ2v) is 7.63. The van der Waals surface area contributed by atoms with Gasteiger partial charge >= 0.3 is 6.03 Å². The zero-order valence-corrected chi connectivity index (χ0v) is 16.2. The number of carbonyl (C=O) groups excluding carboxylic acids is 1. The largest absolute Gasteiger partial charge is 0.337 e. The van der Waals surface area contributed by atoms with Gasteiger partial charge < -0.3 is 10.6 Å². The summed E-state index contributed by atoms with van der Waals surface area (Å²) in [6, 6.07) is 15.9. The molecule has 1 atom stereocenters. The van der Waals surface area contributed by atoms with Crippen molar-refractivity contribution in [1.82, 2.24) is 20.4 Å². The number of urea groups is 1. The normalized spacial score (nSPS) is 17.6. The van der Waals surface area contributed by atoms with Crippen molar-refractivity contribution in [1.29, 1.82) is 0 Å². The molecule has 2 N–H and O–H groups in total. The highest BCUT2D eigenvalue weighted by Gasteiger charge is 2.28. The number of halogens is 1. The van der Waals surface area contributed by atoms with Gasteiger partial charge in [0.15, 0.2) is 0 Å². The van der Waals surface area contributed by atoms with Gasteiger partial charge in [-0.3, -0.25) is 0 Å². The Morgan fingerprint density at radius 3 is 2.66 bits per heavy atom. The van der Waals surface area contributed by atoms with E-state index in [0.29, 0.717) is 13.1 Å². The number of amides is 2. The van der Waals surface area contributed by atoms with Crippen LogP contribution in [0.1, 0.15) is 23.7 Å². The molecule has 5 nitrogen and oxygen atoms in total. The van der Waals surface area contributed by atoms with Crippen LogP contribution in [0.4, 0.5) is 9.18 Å². The number of carbonyl (C=O) groups is 1. The first-order valence-electron chi connectivity index (χ1n) is 9.60. The maximum atomic E-state index is 13.2. The van der Waals surface area contributed by atoms with Crippen molar-refractivity contribution in [3.63, 3.8) is 0 Å². The summed E-state index contributed by atoms with van der Waals surface area (Å²) in [5.74, 6) is -0.269. The Morgan fingerprint density at radius 1 is 1.14 bits per heavy atom. The minimum Gasteiger partial charge on any atom is -0.337 e. The fourth-order valence-corrected chi connectivity index (χ4v) is 3.51. The van der Waals surface area contributed by atoms with Crippen LogP contribution in [0.25, 0.3) is 11.8 Å². The van der Waals surface area contributed by atoms with E-state index in [1.807, 2.05) is 47.3 Å². The highest BCUT2D eigenvalue weighted by molar-refractivity contribution is 5.74. The summed E-state index contributed by atoms with van der Waals surface area (Å²) in [6.45, 7) is 3.12. The van der Waals surface area contributed by atoms with E-state index < -0.39 is 0 Å². The lowest BCUT2D eigenvalue weighted by Gasteiger charge is -2.29. The van der Waals surface area contributed by atoms with Crippen molar-refractivity contribution in [3.8, 4) is 5.69 Å². The Labute approximate surface area is 169 Å². The van der Waals surface area contributed by atoms with Crippen LogP contribution in [0.5, 0.6) is 0 Å². The topological polar surface area (TPSA) is 59.0 Å². The van der Waals surface area contributed by atoms with E-state index in [0.717, 1.165) is 28.9 Å². The van der Waals surface area contributed by atoms with Gasteiger partial charge in [-0.1, -0.05) is 43.3 Å². The number of nitrogens with zero attached hydrogens (tertiary/aromatic N) is 2. The van der Waals surface area contributed by atoms with E-state index in [1.165, 1.54) is 12.1 Å². The Hall–Kier alpha value is -3.41. The fraction of sp³-hybridized carbons (Fsp3) is 0.217. The minimum absolute atomic E-state index is 0.184. The molecule has 0 aliphatic heterocycles. The van der Waals surface area contributed by atoms with Gasteiger partial charge in [0, 0.05) is 18.5 Å². The number of hydrogen-bond acceptors (Lipinski definition) is 2. The summed E-state index contributed by atoms with van der Waals surface area (Å²) in [5, 5.41) is 10.3. The van der Waals surface area contributed by atoms with E-state index in [4.69, 9.17) is 0 Å². The molecule has 3 aromatic rings. The van der Waals surface area contributed by atoms with E-state index in [1.54, 1.807) is 12.1 Å². The van der Waals surface area contributed by atoms with Crippen molar-refractivity contribution >= 4 is 12.1 Å². The molecule has 1 aliphatic rings. The van der Waals surface area contributed by atoms with Crippen LogP contribution in [0, 0.1) is 11.2 Å². The Bertz CT molecular complexity index is 1030. The number of hydrogen-bond donors (Lipinski definition) is 2. The molecular weight excluding hydrogens is 367 g/mol. The summed E-state index contributed by atoms with van der Waals surface area (Å²) in [4.78, 5) is 12.2. The summed E-state index contributed by atoms with van der Waals surface area (Å²) in [5.41, 5.74) is 3.77. The summed E-state index contributed by atoms with van der Waals surface area (Å²) in [7, 11) is 0. The van der Waals surface area contributed by atoms with Gasteiger partial charge in [0.25, 0.3) is 0 Å². The second-order valence-electron chi connectivity index (χ2n) is 7.63. The van der Waals surface area contributed by atoms with Gasteiger partial charge in [-0.15, -0.1) is 0 Å². The quantitative estimate of drug-likeness (QED) is 0.689. The summed E-state index contributed by atoms with van der Waals surface area (Å²) >= 11 is 0. The molecule has 0 fully saturated rings. The molecule has 2 aromatic carbocycles. The van der Waals surface area contributed by atoms with Gasteiger partial charge in [-0.05, 0) is 47.9 Å². The third kappa shape index (κ3) is 4.37. The average Bonchev–Trinajstić information content (AvgIpc) is 3.15. The van der Waals surface area contributed by atoms with Crippen LogP contribution >= 0.6 is 0 Å². The van der Waals surface area contributed by atoms with Gasteiger partial charge in [0.1, 0.15) is 5.82 Å². The molecule has 6 heteroatoms. The van der Waals surface area contributed by atoms with E-state index in [-0.39, 0.29) is 17.3 Å². The number of rotatable bonds is 5. The summed E-state index contributed by atoms with van der Waals surface area (Å²) < 4.78 is 15.0. The van der Waals surface area contributed by atoms with Crippen molar-refractivity contribution in [3.05, 3.63) is 89.5 Å². The molecule has 0 radical (unpaired) electrons. The molecular formula is C23H23FN4O. The molecule has 2 amide bonds. The van der Waals surface area contributed by atoms with Gasteiger partial charge in [0.05, 0.1) is 17.6 Å². The third-order valence-electron chi connectivity index (χ3n) is 5.14. The predicted octanol–water partition coefficient (Wildman–Crippen LogP) is 4.09. The fourth-order valence-electron chi connectivity index (χ4n) is 3.51. The highest BCUT2D eigenvalue weighted by Crippen LogP contribution is 2.32. The summed E-state index contributed by atoms with van der Waals surface area (Å²) in [6.07, 6.45) is 6.74. The molecule has 1 aliphatic carbocycles. The smallest absolute Gasteiger partial charge is 0.315 e. The van der Waals surface area contributed by atoms with Gasteiger partial charge in [-0.25, -0.2) is 13.9 Å². The van der Waals surface area contributed by atoms with E-state index >= 15 is 0 Å². The molecule has 0 bridgehead atoms. The van der Waals surface area contributed by atoms with Crippen LogP contribution < -0.4 is 10.6 Å². The van der Waals surface area contributed by atoms with Crippen LogP contribution in [0.3, 0.4) is 0 Å². The highest BCUT2D eigenvalue weighted by atomic mass is 19.1. The number of nitrogens with one attached hydrogen (secondary N) is 2. The second kappa shape index (κ2) is 7.91. The first-order chi connectivity index (χ1) is 14.0. The zero-order valence-electron chi connectivity index (χ0n) is 16.2. The maximum Gasteiger partial charge on any atom is 0.315 e. The lowest BCUT2D eigenvalue weighted by Crippen LogP contribution is -2.42. The monoisotopic (exact) mass is 390 g/mol. The molecule has 4 rings (SSSR count). The van der Waals surface area contributed by atoms with Crippen LogP contribution in [0.15, 0.2) is 66.9 Å². The zero-order chi connectivity index (χ0) is 20.3.